The summed E-state index contributed by atoms with van der Waals surface area (Å²) < 4.78 is 0. The SMILES string of the molecule is CCC=CC=C(C)N(C)C(C)=S. The van der Waals surface area contributed by atoms with E-state index in [-0.39, 0.29) is 0 Å². The lowest BCUT2D eigenvalue weighted by molar-refractivity contribution is 0.636. The highest BCUT2D eigenvalue weighted by atomic mass is 32.1. The molecule has 0 bridgehead atoms. The maximum atomic E-state index is 5.03. The van der Waals surface area contributed by atoms with Crippen LogP contribution in [-0.4, -0.2) is 16.9 Å². The zero-order chi connectivity index (χ0) is 9.56. The van der Waals surface area contributed by atoms with Crippen LogP contribution in [0.2, 0.25) is 0 Å². The molecular formula is C10H17NS. The van der Waals surface area contributed by atoms with Gasteiger partial charge in [-0.05, 0) is 26.3 Å². The molecule has 0 saturated heterocycles. The number of rotatable bonds is 3. The lowest BCUT2D eigenvalue weighted by Crippen LogP contribution is -2.19. The van der Waals surface area contributed by atoms with E-state index in [4.69, 9.17) is 12.2 Å². The summed E-state index contributed by atoms with van der Waals surface area (Å²) >= 11 is 5.03. The maximum absolute atomic E-state index is 5.03. The first-order valence-electron chi connectivity index (χ1n) is 4.17. The molecule has 0 saturated carbocycles. The van der Waals surface area contributed by atoms with Crippen LogP contribution in [0.3, 0.4) is 0 Å². The highest BCUT2D eigenvalue weighted by Crippen LogP contribution is 2.01. The van der Waals surface area contributed by atoms with Crippen molar-refractivity contribution in [2.24, 2.45) is 0 Å². The van der Waals surface area contributed by atoms with Crippen molar-refractivity contribution in [3.05, 3.63) is 23.9 Å². The van der Waals surface area contributed by atoms with Crippen LogP contribution >= 0.6 is 12.2 Å². The minimum absolute atomic E-state index is 0.897. The van der Waals surface area contributed by atoms with Gasteiger partial charge in [0.15, 0.2) is 0 Å². The highest BCUT2D eigenvalue weighted by molar-refractivity contribution is 7.80. The smallest absolute Gasteiger partial charge is 0.0786 e. The molecule has 0 aromatic rings. The van der Waals surface area contributed by atoms with E-state index in [9.17, 15) is 0 Å². The van der Waals surface area contributed by atoms with Crippen molar-refractivity contribution < 1.29 is 0 Å². The second-order valence-electron chi connectivity index (χ2n) is 2.72. The Morgan fingerprint density at radius 3 is 2.42 bits per heavy atom. The molecule has 0 aliphatic rings. The Morgan fingerprint density at radius 1 is 1.42 bits per heavy atom. The molecular weight excluding hydrogens is 166 g/mol. The van der Waals surface area contributed by atoms with Crippen molar-refractivity contribution in [3.8, 4) is 0 Å². The Morgan fingerprint density at radius 2 is 2.00 bits per heavy atom. The Kier molecular flexibility index (Phi) is 5.64. The van der Waals surface area contributed by atoms with Crippen LogP contribution < -0.4 is 0 Å². The Hall–Kier alpha value is -0.630. The fourth-order valence-electron chi connectivity index (χ4n) is 0.704. The fraction of sp³-hybridized carbons (Fsp3) is 0.500. The molecule has 1 nitrogen and oxygen atoms in total. The maximum Gasteiger partial charge on any atom is 0.0786 e. The van der Waals surface area contributed by atoms with E-state index < -0.39 is 0 Å². The van der Waals surface area contributed by atoms with Gasteiger partial charge in [0.25, 0.3) is 0 Å². The topological polar surface area (TPSA) is 3.24 Å². The summed E-state index contributed by atoms with van der Waals surface area (Å²) in [6.07, 6.45) is 7.32. The van der Waals surface area contributed by atoms with Crippen molar-refractivity contribution in [2.75, 3.05) is 7.05 Å². The van der Waals surface area contributed by atoms with Crippen LogP contribution in [0.25, 0.3) is 0 Å². The molecule has 2 heteroatoms. The van der Waals surface area contributed by atoms with Gasteiger partial charge in [-0.15, -0.1) is 0 Å². The van der Waals surface area contributed by atoms with Crippen molar-refractivity contribution in [1.82, 2.24) is 4.90 Å². The molecule has 0 fully saturated rings. The van der Waals surface area contributed by atoms with E-state index in [1.165, 1.54) is 5.70 Å². The lowest BCUT2D eigenvalue weighted by atomic mass is 10.3. The number of hydrogen-bond donors (Lipinski definition) is 0. The van der Waals surface area contributed by atoms with Crippen molar-refractivity contribution in [3.63, 3.8) is 0 Å². The Balaban J connectivity index is 4.17. The molecule has 0 N–H and O–H groups in total. The van der Waals surface area contributed by atoms with Gasteiger partial charge in [0.05, 0.1) is 4.99 Å². The molecule has 0 unspecified atom stereocenters. The Bertz CT molecular complexity index is 204. The van der Waals surface area contributed by atoms with Crippen LogP contribution in [0.4, 0.5) is 0 Å². The highest BCUT2D eigenvalue weighted by Gasteiger charge is 1.97. The summed E-state index contributed by atoms with van der Waals surface area (Å²) in [6.45, 7) is 6.10. The van der Waals surface area contributed by atoms with E-state index >= 15 is 0 Å². The van der Waals surface area contributed by atoms with Gasteiger partial charge < -0.3 is 4.90 Å². The summed E-state index contributed by atoms with van der Waals surface area (Å²) in [4.78, 5) is 2.89. The van der Waals surface area contributed by atoms with Crippen LogP contribution in [0.1, 0.15) is 27.2 Å². The van der Waals surface area contributed by atoms with Crippen molar-refractivity contribution in [2.45, 2.75) is 27.2 Å². The van der Waals surface area contributed by atoms with Gasteiger partial charge in [-0.25, -0.2) is 0 Å². The fourth-order valence-corrected chi connectivity index (χ4v) is 0.848. The molecule has 12 heavy (non-hydrogen) atoms. The van der Waals surface area contributed by atoms with Gasteiger partial charge in [0, 0.05) is 12.7 Å². The van der Waals surface area contributed by atoms with Crippen molar-refractivity contribution >= 4 is 17.2 Å². The van der Waals surface area contributed by atoms with Gasteiger partial charge in [0.2, 0.25) is 0 Å². The zero-order valence-corrected chi connectivity index (χ0v) is 9.11. The number of thiocarbonyl (C=S) groups is 1. The second kappa shape index (κ2) is 5.95. The average molecular weight is 183 g/mol. The number of nitrogens with zero attached hydrogens (tertiary/aromatic N) is 1. The molecule has 0 aliphatic heterocycles. The number of hydrogen-bond acceptors (Lipinski definition) is 1. The molecule has 0 aromatic heterocycles. The summed E-state index contributed by atoms with van der Waals surface area (Å²) in [6, 6.07) is 0. The van der Waals surface area contributed by atoms with Crippen LogP contribution in [0.5, 0.6) is 0 Å². The predicted molar refractivity (Wildman–Crippen MR) is 59.2 cm³/mol. The van der Waals surface area contributed by atoms with Gasteiger partial charge in [0.1, 0.15) is 0 Å². The first-order chi connectivity index (χ1) is 5.59. The third-order valence-corrected chi connectivity index (χ3v) is 1.98. The van der Waals surface area contributed by atoms with Crippen molar-refractivity contribution in [1.29, 1.82) is 0 Å². The van der Waals surface area contributed by atoms with Gasteiger partial charge >= 0.3 is 0 Å². The second-order valence-corrected chi connectivity index (χ2v) is 3.31. The van der Waals surface area contributed by atoms with E-state index in [1.54, 1.807) is 0 Å². The van der Waals surface area contributed by atoms with E-state index in [2.05, 4.69) is 32.1 Å². The molecule has 0 radical (unpaired) electrons. The molecule has 0 amide bonds. The average Bonchev–Trinajstić information content (AvgIpc) is 2.03. The van der Waals surface area contributed by atoms with Crippen LogP contribution in [0.15, 0.2) is 23.9 Å². The Labute approximate surface area is 80.8 Å². The molecule has 0 atom stereocenters. The minimum atomic E-state index is 0.897. The van der Waals surface area contributed by atoms with E-state index in [0.29, 0.717) is 0 Å². The standard InChI is InChI=1S/C10H17NS/c1-5-6-7-8-9(2)11(4)10(3)12/h6-8H,5H2,1-4H3. The molecule has 0 aromatic carbocycles. The lowest BCUT2D eigenvalue weighted by Gasteiger charge is -2.17. The van der Waals surface area contributed by atoms with Gasteiger partial charge in [-0.3, -0.25) is 0 Å². The van der Waals surface area contributed by atoms with E-state index in [1.807, 2.05) is 18.9 Å². The summed E-state index contributed by atoms with van der Waals surface area (Å²) in [5.74, 6) is 0. The predicted octanol–water partition coefficient (Wildman–Crippen LogP) is 3.14. The largest absolute Gasteiger partial charge is 0.343 e. The van der Waals surface area contributed by atoms with E-state index in [0.717, 1.165) is 11.4 Å². The molecule has 68 valence electrons. The monoisotopic (exact) mass is 183 g/mol. The van der Waals surface area contributed by atoms with Gasteiger partial charge in [-0.1, -0.05) is 31.3 Å². The van der Waals surface area contributed by atoms with Gasteiger partial charge in [-0.2, -0.15) is 0 Å². The first kappa shape index (κ1) is 11.4. The summed E-state index contributed by atoms with van der Waals surface area (Å²) in [7, 11) is 1.98. The molecule has 0 spiro atoms. The zero-order valence-electron chi connectivity index (χ0n) is 8.29. The third kappa shape index (κ3) is 4.29. The molecule has 0 heterocycles. The van der Waals surface area contributed by atoms with Crippen LogP contribution in [-0.2, 0) is 0 Å². The third-order valence-electron chi connectivity index (χ3n) is 1.71. The normalized spacial score (nSPS) is 12.2. The first-order valence-corrected chi connectivity index (χ1v) is 4.58. The quantitative estimate of drug-likeness (QED) is 0.488. The molecule has 0 rings (SSSR count). The molecule has 0 aliphatic carbocycles. The summed E-state index contributed by atoms with van der Waals surface area (Å²) in [5, 5.41) is 0. The number of allylic oxidation sites excluding steroid dienone is 4. The van der Waals surface area contributed by atoms with Crippen LogP contribution in [0, 0.1) is 0 Å². The minimum Gasteiger partial charge on any atom is -0.343 e. The summed E-state index contributed by atoms with van der Waals surface area (Å²) in [5.41, 5.74) is 1.17.